The highest BCUT2D eigenvalue weighted by molar-refractivity contribution is 6.31. The number of hydrogen-bond donors (Lipinski definition) is 2. The van der Waals surface area contributed by atoms with E-state index in [-0.39, 0.29) is 11.5 Å². The van der Waals surface area contributed by atoms with Crippen LogP contribution in [0.5, 0.6) is 0 Å². The maximum atomic E-state index is 13.4. The summed E-state index contributed by atoms with van der Waals surface area (Å²) in [5.74, 6) is -1.71. The Hall–Kier alpha value is -2.93. The number of halogens is 2. The summed E-state index contributed by atoms with van der Waals surface area (Å²) in [6.45, 7) is 0.326. The molecule has 27 heavy (non-hydrogen) atoms. The zero-order valence-corrected chi connectivity index (χ0v) is 14.8. The molecule has 6 nitrogen and oxygen atoms in total. The molecule has 0 aliphatic carbocycles. The van der Waals surface area contributed by atoms with Crippen LogP contribution >= 0.6 is 11.6 Å². The fraction of sp³-hybridized carbons (Fsp3) is 0.211. The maximum absolute atomic E-state index is 13.4. The number of amides is 3. The minimum atomic E-state index is -0.846. The molecule has 3 amide bonds. The third kappa shape index (κ3) is 3.14. The van der Waals surface area contributed by atoms with Crippen LogP contribution in [-0.2, 0) is 4.79 Å². The summed E-state index contributed by atoms with van der Waals surface area (Å²) in [7, 11) is 0. The van der Waals surface area contributed by atoms with Crippen molar-refractivity contribution in [2.75, 3.05) is 11.9 Å². The van der Waals surface area contributed by atoms with Gasteiger partial charge in [-0.2, -0.15) is 0 Å². The Morgan fingerprint density at radius 3 is 2.81 bits per heavy atom. The van der Waals surface area contributed by atoms with Gasteiger partial charge in [0.25, 0.3) is 11.8 Å². The second kappa shape index (κ2) is 6.66. The number of fused-ring (bicyclic) bond motifs is 2. The van der Waals surface area contributed by atoms with Gasteiger partial charge in [-0.1, -0.05) is 17.7 Å². The van der Waals surface area contributed by atoms with E-state index in [0.717, 1.165) is 6.07 Å². The topological polar surface area (TPSA) is 78.5 Å². The standard InChI is InChI=1S/C19H15ClFN3O3/c20-11-4-5-13-15(9-11)23-18(26)16-14(6-7-24(16)19(13)27)22-17(25)10-2-1-3-12(21)8-10/h1-5,8-9,14,16H,6-7H2,(H,22,25)(H,23,26)/t14-,16-/m0/s1. The van der Waals surface area contributed by atoms with Crippen molar-refractivity contribution in [1.29, 1.82) is 0 Å². The lowest BCUT2D eigenvalue weighted by Crippen LogP contribution is -2.51. The zero-order valence-electron chi connectivity index (χ0n) is 14.0. The summed E-state index contributed by atoms with van der Waals surface area (Å²) >= 11 is 5.96. The smallest absolute Gasteiger partial charge is 0.256 e. The average molecular weight is 388 g/mol. The predicted molar refractivity (Wildman–Crippen MR) is 97.2 cm³/mol. The third-order valence-corrected chi connectivity index (χ3v) is 5.04. The summed E-state index contributed by atoms with van der Waals surface area (Å²) in [6, 6.07) is 8.55. The van der Waals surface area contributed by atoms with Crippen molar-refractivity contribution >= 4 is 35.0 Å². The van der Waals surface area contributed by atoms with Gasteiger partial charge in [-0.3, -0.25) is 14.4 Å². The van der Waals surface area contributed by atoms with E-state index in [1.54, 1.807) is 12.1 Å². The van der Waals surface area contributed by atoms with E-state index in [9.17, 15) is 18.8 Å². The number of hydrogen-bond acceptors (Lipinski definition) is 3. The fourth-order valence-electron chi connectivity index (χ4n) is 3.54. The molecule has 0 radical (unpaired) electrons. The minimum absolute atomic E-state index is 0.156. The molecule has 0 saturated carbocycles. The van der Waals surface area contributed by atoms with Crippen molar-refractivity contribution in [3.8, 4) is 0 Å². The number of carbonyl (C=O) groups is 3. The number of anilines is 1. The van der Waals surface area contributed by atoms with Gasteiger partial charge >= 0.3 is 0 Å². The van der Waals surface area contributed by atoms with Crippen molar-refractivity contribution in [2.24, 2.45) is 0 Å². The van der Waals surface area contributed by atoms with E-state index in [4.69, 9.17) is 11.6 Å². The summed E-state index contributed by atoms with van der Waals surface area (Å²) in [5.41, 5.74) is 0.860. The monoisotopic (exact) mass is 387 g/mol. The van der Waals surface area contributed by atoms with E-state index in [0.29, 0.717) is 29.2 Å². The number of nitrogens with one attached hydrogen (secondary N) is 2. The summed E-state index contributed by atoms with van der Waals surface area (Å²) in [4.78, 5) is 39.5. The summed E-state index contributed by atoms with van der Waals surface area (Å²) in [6.07, 6.45) is 0.424. The van der Waals surface area contributed by atoms with E-state index in [1.807, 2.05) is 0 Å². The second-order valence-electron chi connectivity index (χ2n) is 6.50. The Morgan fingerprint density at radius 1 is 1.22 bits per heavy atom. The molecular formula is C19H15ClFN3O3. The Labute approximate surface area is 159 Å². The van der Waals surface area contributed by atoms with Gasteiger partial charge in [-0.15, -0.1) is 0 Å². The fourth-order valence-corrected chi connectivity index (χ4v) is 3.72. The second-order valence-corrected chi connectivity index (χ2v) is 6.94. The van der Waals surface area contributed by atoms with Crippen LogP contribution in [0.2, 0.25) is 5.02 Å². The lowest BCUT2D eigenvalue weighted by atomic mass is 10.1. The Morgan fingerprint density at radius 2 is 2.04 bits per heavy atom. The zero-order chi connectivity index (χ0) is 19.1. The molecule has 2 N–H and O–H groups in total. The van der Waals surface area contributed by atoms with Gasteiger partial charge < -0.3 is 15.5 Å². The molecule has 2 aliphatic heterocycles. The SMILES string of the molecule is O=C(N[C@H]1CCN2C(=O)c3ccc(Cl)cc3NC(=O)[C@H]12)c1cccc(F)c1. The van der Waals surface area contributed by atoms with Gasteiger partial charge in [-0.25, -0.2) is 4.39 Å². The molecule has 2 heterocycles. The molecule has 2 atom stereocenters. The first kappa shape index (κ1) is 17.5. The molecule has 0 unspecified atom stereocenters. The van der Waals surface area contributed by atoms with Crippen molar-refractivity contribution in [2.45, 2.75) is 18.5 Å². The van der Waals surface area contributed by atoms with Crippen molar-refractivity contribution in [3.05, 3.63) is 64.4 Å². The molecule has 0 spiro atoms. The van der Waals surface area contributed by atoms with Crippen LogP contribution in [0, 0.1) is 5.82 Å². The molecule has 2 aromatic rings. The van der Waals surface area contributed by atoms with Gasteiger partial charge in [0.2, 0.25) is 5.91 Å². The highest BCUT2D eigenvalue weighted by atomic mass is 35.5. The number of nitrogens with zero attached hydrogens (tertiary/aromatic N) is 1. The minimum Gasteiger partial charge on any atom is -0.347 e. The Bertz CT molecular complexity index is 965. The highest BCUT2D eigenvalue weighted by Gasteiger charge is 2.45. The number of rotatable bonds is 2. The van der Waals surface area contributed by atoms with E-state index in [2.05, 4.69) is 10.6 Å². The Kier molecular flexibility index (Phi) is 4.31. The van der Waals surface area contributed by atoms with Crippen LogP contribution < -0.4 is 10.6 Å². The molecule has 1 saturated heterocycles. The van der Waals surface area contributed by atoms with E-state index >= 15 is 0 Å². The van der Waals surface area contributed by atoms with Gasteiger partial charge in [0.15, 0.2) is 0 Å². The largest absolute Gasteiger partial charge is 0.347 e. The molecular weight excluding hydrogens is 373 g/mol. The van der Waals surface area contributed by atoms with Gasteiger partial charge in [-0.05, 0) is 42.8 Å². The van der Waals surface area contributed by atoms with Crippen LogP contribution in [0.25, 0.3) is 0 Å². The number of carbonyl (C=O) groups excluding carboxylic acids is 3. The lowest BCUT2D eigenvalue weighted by molar-refractivity contribution is -0.120. The Balaban J connectivity index is 1.60. The lowest BCUT2D eigenvalue weighted by Gasteiger charge is -2.25. The number of benzene rings is 2. The molecule has 2 aliphatic rings. The summed E-state index contributed by atoms with van der Waals surface area (Å²) in [5, 5.41) is 5.87. The molecule has 0 bridgehead atoms. The molecule has 1 fully saturated rings. The van der Waals surface area contributed by atoms with E-state index < -0.39 is 29.7 Å². The van der Waals surface area contributed by atoms with Gasteiger partial charge in [0.05, 0.1) is 17.3 Å². The maximum Gasteiger partial charge on any atom is 0.256 e. The van der Waals surface area contributed by atoms with Crippen LogP contribution in [0.3, 0.4) is 0 Å². The van der Waals surface area contributed by atoms with Gasteiger partial charge in [0, 0.05) is 17.1 Å². The first-order chi connectivity index (χ1) is 12.9. The molecule has 8 heteroatoms. The van der Waals surface area contributed by atoms with E-state index in [1.165, 1.54) is 29.2 Å². The highest BCUT2D eigenvalue weighted by Crippen LogP contribution is 2.30. The third-order valence-electron chi connectivity index (χ3n) is 4.80. The molecule has 138 valence electrons. The first-order valence-electron chi connectivity index (χ1n) is 8.42. The molecule has 0 aromatic heterocycles. The molecule has 4 rings (SSSR count). The summed E-state index contributed by atoms with van der Waals surface area (Å²) < 4.78 is 13.4. The average Bonchev–Trinajstić information content (AvgIpc) is 3.00. The van der Waals surface area contributed by atoms with Crippen LogP contribution in [0.15, 0.2) is 42.5 Å². The predicted octanol–water partition coefficient (Wildman–Crippen LogP) is 2.44. The van der Waals surface area contributed by atoms with Crippen molar-refractivity contribution in [3.63, 3.8) is 0 Å². The van der Waals surface area contributed by atoms with Gasteiger partial charge in [0.1, 0.15) is 11.9 Å². The first-order valence-corrected chi connectivity index (χ1v) is 8.79. The van der Waals surface area contributed by atoms with Crippen molar-refractivity contribution in [1.82, 2.24) is 10.2 Å². The quantitative estimate of drug-likeness (QED) is 0.830. The van der Waals surface area contributed by atoms with Crippen LogP contribution in [-0.4, -0.2) is 41.2 Å². The van der Waals surface area contributed by atoms with Crippen LogP contribution in [0.4, 0.5) is 10.1 Å². The normalized spacial score (nSPS) is 21.2. The molecule has 2 aromatic carbocycles. The van der Waals surface area contributed by atoms with Crippen molar-refractivity contribution < 1.29 is 18.8 Å². The van der Waals surface area contributed by atoms with Crippen LogP contribution in [0.1, 0.15) is 27.1 Å².